The molecule has 2 nitrogen and oxygen atoms in total. The Morgan fingerprint density at radius 1 is 0.533 bits per heavy atom. The number of ketones is 2. The number of rotatable bonds is 4. The first-order chi connectivity index (χ1) is 14.7. The Bertz CT molecular complexity index is 866. The predicted octanol–water partition coefficient (Wildman–Crippen LogP) is 4.02. The second-order valence-electron chi connectivity index (χ2n) is 8.30. The van der Waals surface area contributed by atoms with Gasteiger partial charge in [-0.25, -0.2) is 0 Å². The van der Waals surface area contributed by atoms with Gasteiger partial charge in [0, 0.05) is 25.7 Å². The average molecular weight is 413 g/mol. The van der Waals surface area contributed by atoms with Gasteiger partial charge in [0.2, 0.25) is 0 Å². The molecule has 1 aliphatic carbocycles. The highest BCUT2D eigenvalue weighted by molar-refractivity contribution is 7.12. The van der Waals surface area contributed by atoms with Gasteiger partial charge in [-0.2, -0.15) is 0 Å². The molecule has 0 aromatic heterocycles. The van der Waals surface area contributed by atoms with E-state index >= 15 is 0 Å². The van der Waals surface area contributed by atoms with Crippen LogP contribution in [0.4, 0.5) is 0 Å². The Kier molecular flexibility index (Phi) is 6.39. The molecule has 3 aromatic carbocycles. The van der Waals surface area contributed by atoms with Crippen LogP contribution in [0.5, 0.6) is 0 Å². The van der Waals surface area contributed by atoms with Gasteiger partial charge in [0.25, 0.3) is 0 Å². The van der Waals surface area contributed by atoms with Crippen LogP contribution in [0.2, 0.25) is 5.54 Å². The molecule has 3 aromatic rings. The molecule has 0 radical (unpaired) electrons. The number of Topliss-reactive ketones (excluding diaryl/α,β-unsaturated/α-hetero) is 2. The minimum absolute atomic E-state index is 0.0165. The molecule has 0 bridgehead atoms. The molecule has 30 heavy (non-hydrogen) atoms. The zero-order chi connectivity index (χ0) is 20.8. The summed E-state index contributed by atoms with van der Waals surface area (Å²) in [5.41, 5.74) is 0.0165. The molecule has 4 rings (SSSR count). The van der Waals surface area contributed by atoms with Gasteiger partial charge in [0.15, 0.2) is 8.07 Å². The Labute approximate surface area is 180 Å². The summed E-state index contributed by atoms with van der Waals surface area (Å²) < 4.78 is 0. The van der Waals surface area contributed by atoms with E-state index in [0.717, 1.165) is 12.8 Å². The van der Waals surface area contributed by atoms with E-state index < -0.39 is 8.07 Å². The molecular weight excluding hydrogens is 384 g/mol. The van der Waals surface area contributed by atoms with Gasteiger partial charge in [-0.05, 0) is 33.9 Å². The summed E-state index contributed by atoms with van der Waals surface area (Å²) in [5, 5.41) is 3.81. The van der Waals surface area contributed by atoms with Crippen LogP contribution in [-0.2, 0) is 9.59 Å². The summed E-state index contributed by atoms with van der Waals surface area (Å²) in [4.78, 5) is 25.9. The van der Waals surface area contributed by atoms with Gasteiger partial charge < -0.3 is 0 Å². The quantitative estimate of drug-likeness (QED) is 0.479. The fraction of sp³-hybridized carbons (Fsp3) is 0.259. The fourth-order valence-corrected chi connectivity index (χ4v) is 10.7. The standard InChI is InChI=1S/C27H28O2Si/c28-22-12-10-11-13-23(29)21-27(20-22)30(24-14-4-1-5-15-24,25-16-6-2-7-17-25)26-18-8-3-9-19-26/h1-9,14-19,27H,10-13,20-21H2. The highest BCUT2D eigenvalue weighted by Gasteiger charge is 2.47. The van der Waals surface area contributed by atoms with Crippen molar-refractivity contribution in [1.82, 2.24) is 0 Å². The molecule has 0 N–H and O–H groups in total. The lowest BCUT2D eigenvalue weighted by Crippen LogP contribution is -2.70. The van der Waals surface area contributed by atoms with Crippen LogP contribution in [0.25, 0.3) is 0 Å². The predicted molar refractivity (Wildman–Crippen MR) is 125 cm³/mol. The van der Waals surface area contributed by atoms with Crippen LogP contribution >= 0.6 is 0 Å². The maximum Gasteiger partial charge on any atom is 0.152 e. The lowest BCUT2D eigenvalue weighted by Gasteiger charge is -2.40. The summed E-state index contributed by atoms with van der Waals surface area (Å²) in [6, 6.07) is 31.8. The van der Waals surface area contributed by atoms with E-state index in [1.165, 1.54) is 15.6 Å². The third-order valence-electron chi connectivity index (χ3n) is 6.41. The van der Waals surface area contributed by atoms with Crippen LogP contribution in [0.15, 0.2) is 91.0 Å². The summed E-state index contributed by atoms with van der Waals surface area (Å²) in [6.07, 6.45) is 3.80. The lowest BCUT2D eigenvalue weighted by atomic mass is 10.1. The number of hydrogen-bond acceptors (Lipinski definition) is 2. The van der Waals surface area contributed by atoms with Crippen molar-refractivity contribution in [2.45, 2.75) is 44.1 Å². The molecule has 1 fully saturated rings. The van der Waals surface area contributed by atoms with Gasteiger partial charge in [-0.15, -0.1) is 0 Å². The molecule has 0 amide bonds. The van der Waals surface area contributed by atoms with E-state index in [1.54, 1.807) is 0 Å². The van der Waals surface area contributed by atoms with Crippen molar-refractivity contribution in [1.29, 1.82) is 0 Å². The second-order valence-corrected chi connectivity index (χ2v) is 12.5. The molecule has 0 saturated heterocycles. The van der Waals surface area contributed by atoms with Crippen molar-refractivity contribution in [3.8, 4) is 0 Å². The number of benzene rings is 3. The first kappa shape index (κ1) is 20.5. The van der Waals surface area contributed by atoms with Crippen LogP contribution in [0.3, 0.4) is 0 Å². The van der Waals surface area contributed by atoms with E-state index in [-0.39, 0.29) is 5.54 Å². The fourth-order valence-electron chi connectivity index (χ4n) is 5.09. The topological polar surface area (TPSA) is 34.1 Å². The molecule has 0 spiro atoms. The summed E-state index contributed by atoms with van der Waals surface area (Å²) in [7, 11) is -2.63. The van der Waals surface area contributed by atoms with Crippen LogP contribution < -0.4 is 15.6 Å². The number of carbonyl (C=O) groups excluding carboxylic acids is 2. The third-order valence-corrected chi connectivity index (χ3v) is 11.8. The molecule has 1 aliphatic rings. The van der Waals surface area contributed by atoms with Crippen molar-refractivity contribution in [2.24, 2.45) is 0 Å². The van der Waals surface area contributed by atoms with Gasteiger partial charge in [0.1, 0.15) is 11.6 Å². The van der Waals surface area contributed by atoms with Crippen LogP contribution in [-0.4, -0.2) is 19.6 Å². The van der Waals surface area contributed by atoms with Crippen molar-refractivity contribution >= 4 is 35.2 Å². The SMILES string of the molecule is O=C1CCCCC(=O)CC([Si](c2ccccc2)(c2ccccc2)c2ccccc2)C1. The number of hydrogen-bond donors (Lipinski definition) is 0. The summed E-state index contributed by atoms with van der Waals surface area (Å²) in [6.45, 7) is 0. The molecule has 0 aliphatic heterocycles. The largest absolute Gasteiger partial charge is 0.300 e. The first-order valence-electron chi connectivity index (χ1n) is 10.9. The maximum absolute atomic E-state index is 13.0. The van der Waals surface area contributed by atoms with Crippen molar-refractivity contribution in [3.63, 3.8) is 0 Å². The van der Waals surface area contributed by atoms with E-state index in [1.807, 2.05) is 18.2 Å². The second kappa shape index (κ2) is 9.35. The van der Waals surface area contributed by atoms with E-state index in [0.29, 0.717) is 37.2 Å². The zero-order valence-corrected chi connectivity index (χ0v) is 18.3. The molecule has 0 atom stereocenters. The van der Waals surface area contributed by atoms with Crippen molar-refractivity contribution < 1.29 is 9.59 Å². The van der Waals surface area contributed by atoms with E-state index in [9.17, 15) is 9.59 Å². The highest BCUT2D eigenvalue weighted by Crippen LogP contribution is 2.32. The molecule has 1 saturated carbocycles. The van der Waals surface area contributed by atoms with Crippen LogP contribution in [0, 0.1) is 0 Å². The molecule has 0 unspecified atom stereocenters. The average Bonchev–Trinajstić information content (AvgIpc) is 2.87. The van der Waals surface area contributed by atoms with Crippen molar-refractivity contribution in [3.05, 3.63) is 91.0 Å². The van der Waals surface area contributed by atoms with E-state index in [4.69, 9.17) is 0 Å². The summed E-state index contributed by atoms with van der Waals surface area (Å²) in [5.74, 6) is 0.601. The Morgan fingerprint density at radius 3 is 1.20 bits per heavy atom. The molecular formula is C27H28O2Si. The zero-order valence-electron chi connectivity index (χ0n) is 17.3. The van der Waals surface area contributed by atoms with Gasteiger partial charge >= 0.3 is 0 Å². The smallest absolute Gasteiger partial charge is 0.152 e. The van der Waals surface area contributed by atoms with Gasteiger partial charge in [-0.3, -0.25) is 9.59 Å². The maximum atomic E-state index is 13.0. The van der Waals surface area contributed by atoms with Gasteiger partial charge in [-0.1, -0.05) is 91.0 Å². The lowest BCUT2D eigenvalue weighted by molar-refractivity contribution is -0.119. The van der Waals surface area contributed by atoms with E-state index in [2.05, 4.69) is 72.8 Å². The molecule has 3 heteroatoms. The minimum atomic E-state index is -2.63. The van der Waals surface area contributed by atoms with Crippen molar-refractivity contribution in [2.75, 3.05) is 0 Å². The molecule has 0 heterocycles. The summed E-state index contributed by atoms with van der Waals surface area (Å²) >= 11 is 0. The normalized spacial score (nSPS) is 16.5. The van der Waals surface area contributed by atoms with Gasteiger partial charge in [0.05, 0.1) is 0 Å². The third kappa shape index (κ3) is 4.08. The first-order valence-corrected chi connectivity index (χ1v) is 13.0. The number of carbonyl (C=O) groups is 2. The van der Waals surface area contributed by atoms with Crippen LogP contribution in [0.1, 0.15) is 38.5 Å². The Hall–Kier alpha value is -2.78. The Morgan fingerprint density at radius 2 is 0.867 bits per heavy atom. The Balaban J connectivity index is 2.00. The highest BCUT2D eigenvalue weighted by atomic mass is 28.3. The minimum Gasteiger partial charge on any atom is -0.300 e. The molecule has 152 valence electrons. The monoisotopic (exact) mass is 412 g/mol.